The highest BCUT2D eigenvalue weighted by Gasteiger charge is 2.23. The van der Waals surface area contributed by atoms with Crippen LogP contribution in [0.3, 0.4) is 0 Å². The minimum atomic E-state index is -1.05. The van der Waals surface area contributed by atoms with E-state index in [0.29, 0.717) is 17.9 Å². The molecule has 2 aromatic heterocycles. The van der Waals surface area contributed by atoms with Crippen molar-refractivity contribution in [3.8, 4) is 0 Å². The molecule has 1 unspecified atom stereocenters. The average molecular weight is 396 g/mol. The molecule has 0 aliphatic carbocycles. The van der Waals surface area contributed by atoms with Gasteiger partial charge in [0.15, 0.2) is 11.6 Å². The Labute approximate surface area is 166 Å². The number of hydrogen-bond acceptors (Lipinski definition) is 6. The normalized spacial score (nSPS) is 15.1. The van der Waals surface area contributed by atoms with Crippen LogP contribution in [0.25, 0.3) is 10.2 Å². The van der Waals surface area contributed by atoms with Crippen molar-refractivity contribution < 1.29 is 9.50 Å². The summed E-state index contributed by atoms with van der Waals surface area (Å²) in [5, 5.41) is 14.0. The summed E-state index contributed by atoms with van der Waals surface area (Å²) >= 11 is 1.63. The SMILES string of the molecule is CC(C)(C)c1cc2nc(C(O)c3ccc(F)cc3)nc(NC3=NCC=C3)c2s1. The number of amidine groups is 1. The van der Waals surface area contributed by atoms with Gasteiger partial charge in [-0.15, -0.1) is 11.3 Å². The summed E-state index contributed by atoms with van der Waals surface area (Å²) in [5.74, 6) is 1.26. The van der Waals surface area contributed by atoms with Crippen molar-refractivity contribution in [2.24, 2.45) is 4.99 Å². The van der Waals surface area contributed by atoms with Gasteiger partial charge < -0.3 is 10.4 Å². The van der Waals surface area contributed by atoms with Gasteiger partial charge in [0.1, 0.15) is 17.8 Å². The second-order valence-electron chi connectivity index (χ2n) is 7.71. The molecule has 4 rings (SSSR count). The maximum atomic E-state index is 13.2. The molecule has 1 aromatic carbocycles. The van der Waals surface area contributed by atoms with Crippen LogP contribution in [0.15, 0.2) is 47.5 Å². The quantitative estimate of drug-likeness (QED) is 0.679. The van der Waals surface area contributed by atoms with Crippen molar-refractivity contribution in [2.45, 2.75) is 32.3 Å². The van der Waals surface area contributed by atoms with Gasteiger partial charge in [-0.2, -0.15) is 0 Å². The summed E-state index contributed by atoms with van der Waals surface area (Å²) in [5.41, 5.74) is 1.28. The average Bonchev–Trinajstić information content (AvgIpc) is 3.30. The van der Waals surface area contributed by atoms with Gasteiger partial charge in [0.2, 0.25) is 0 Å². The highest BCUT2D eigenvalue weighted by atomic mass is 32.1. The van der Waals surface area contributed by atoms with Crippen molar-refractivity contribution >= 4 is 33.2 Å². The predicted molar refractivity (Wildman–Crippen MR) is 112 cm³/mol. The molecule has 0 amide bonds. The number of benzene rings is 1. The molecule has 3 aromatic rings. The molecular weight excluding hydrogens is 375 g/mol. The zero-order valence-corrected chi connectivity index (χ0v) is 16.7. The smallest absolute Gasteiger partial charge is 0.164 e. The number of anilines is 1. The first-order valence-corrected chi connectivity index (χ1v) is 9.86. The molecule has 1 aliphatic rings. The highest BCUT2D eigenvalue weighted by molar-refractivity contribution is 7.19. The Morgan fingerprint density at radius 1 is 1.18 bits per heavy atom. The first kappa shape index (κ1) is 18.7. The number of halogens is 1. The first-order chi connectivity index (χ1) is 13.3. The van der Waals surface area contributed by atoms with Gasteiger partial charge in [-0.05, 0) is 35.3 Å². The second kappa shape index (κ2) is 7.07. The maximum Gasteiger partial charge on any atom is 0.164 e. The number of nitrogens with zero attached hydrogens (tertiary/aromatic N) is 3. The maximum absolute atomic E-state index is 13.2. The number of thiophene rings is 1. The molecule has 5 nitrogen and oxygen atoms in total. The van der Waals surface area contributed by atoms with Crippen LogP contribution in [-0.2, 0) is 5.41 Å². The molecule has 3 heterocycles. The van der Waals surface area contributed by atoms with Gasteiger partial charge >= 0.3 is 0 Å². The van der Waals surface area contributed by atoms with Crippen LogP contribution < -0.4 is 5.32 Å². The van der Waals surface area contributed by atoms with Crippen LogP contribution >= 0.6 is 11.3 Å². The van der Waals surface area contributed by atoms with Crippen molar-refractivity contribution in [3.05, 3.63) is 64.6 Å². The summed E-state index contributed by atoms with van der Waals surface area (Å²) in [6.07, 6.45) is 2.82. The number of hydrogen-bond donors (Lipinski definition) is 2. The van der Waals surface area contributed by atoms with Gasteiger partial charge in [0, 0.05) is 4.88 Å². The standard InChI is InChI=1S/C21H21FN4OS/c1-21(2,3)15-11-14-18(28-15)20(25-16-5-4-10-23-16)26-19(24-14)17(27)12-6-8-13(22)9-7-12/h4-9,11,17,27H,10H2,1-3H3,(H,23,24,25,26). The summed E-state index contributed by atoms with van der Waals surface area (Å²) in [4.78, 5) is 14.7. The van der Waals surface area contributed by atoms with Crippen LogP contribution in [-0.4, -0.2) is 27.5 Å². The van der Waals surface area contributed by atoms with Crippen LogP contribution in [0.4, 0.5) is 10.2 Å². The molecular formula is C21H21FN4OS. The summed E-state index contributed by atoms with van der Waals surface area (Å²) in [6.45, 7) is 7.09. The first-order valence-electron chi connectivity index (χ1n) is 9.05. The Balaban J connectivity index is 1.82. The fraction of sp³-hybridized carbons (Fsp3) is 0.286. The third-order valence-corrected chi connectivity index (χ3v) is 6.00. The molecule has 1 aliphatic heterocycles. The summed E-state index contributed by atoms with van der Waals surface area (Å²) in [6, 6.07) is 7.75. The fourth-order valence-electron chi connectivity index (χ4n) is 2.89. The van der Waals surface area contributed by atoms with Crippen molar-refractivity contribution in [1.29, 1.82) is 0 Å². The Morgan fingerprint density at radius 2 is 1.93 bits per heavy atom. The molecule has 0 saturated carbocycles. The van der Waals surface area contributed by atoms with Gasteiger partial charge in [0.25, 0.3) is 0 Å². The lowest BCUT2D eigenvalue weighted by Gasteiger charge is -2.14. The lowest BCUT2D eigenvalue weighted by atomic mass is 9.95. The van der Waals surface area contributed by atoms with E-state index < -0.39 is 6.10 Å². The predicted octanol–water partition coefficient (Wildman–Crippen LogP) is 4.59. The number of nitrogens with one attached hydrogen (secondary N) is 1. The Morgan fingerprint density at radius 3 is 2.57 bits per heavy atom. The van der Waals surface area contributed by atoms with Crippen LogP contribution in [0, 0.1) is 5.82 Å². The van der Waals surface area contributed by atoms with E-state index in [1.807, 2.05) is 18.2 Å². The lowest BCUT2D eigenvalue weighted by Crippen LogP contribution is -2.12. The van der Waals surface area contributed by atoms with Crippen LogP contribution in [0.1, 0.15) is 43.1 Å². The van der Waals surface area contributed by atoms with Crippen LogP contribution in [0.2, 0.25) is 0 Å². The molecule has 28 heavy (non-hydrogen) atoms. The minimum Gasteiger partial charge on any atom is -0.380 e. The fourth-order valence-corrected chi connectivity index (χ4v) is 3.99. The van der Waals surface area contributed by atoms with E-state index in [2.05, 4.69) is 41.0 Å². The zero-order chi connectivity index (χ0) is 19.9. The third kappa shape index (κ3) is 3.68. The molecule has 0 saturated heterocycles. The molecule has 1 atom stereocenters. The number of aliphatic hydroxyl groups excluding tert-OH is 1. The number of aliphatic hydroxyl groups is 1. The Hall–Kier alpha value is -2.64. The monoisotopic (exact) mass is 396 g/mol. The highest BCUT2D eigenvalue weighted by Crippen LogP contribution is 2.37. The van der Waals surface area contributed by atoms with E-state index in [0.717, 1.165) is 16.1 Å². The van der Waals surface area contributed by atoms with Gasteiger partial charge in [-0.1, -0.05) is 39.0 Å². The van der Waals surface area contributed by atoms with Gasteiger partial charge in [-0.3, -0.25) is 4.99 Å². The van der Waals surface area contributed by atoms with Crippen molar-refractivity contribution in [1.82, 2.24) is 9.97 Å². The van der Waals surface area contributed by atoms with Crippen molar-refractivity contribution in [2.75, 3.05) is 11.9 Å². The summed E-state index contributed by atoms with van der Waals surface area (Å²) in [7, 11) is 0. The lowest BCUT2D eigenvalue weighted by molar-refractivity contribution is 0.210. The number of rotatable bonds is 3. The molecule has 0 spiro atoms. The number of aliphatic imine (C=N–C) groups is 1. The Kier molecular flexibility index (Phi) is 4.72. The van der Waals surface area contributed by atoms with Gasteiger partial charge in [-0.25, -0.2) is 14.4 Å². The van der Waals surface area contributed by atoms with E-state index in [4.69, 9.17) is 0 Å². The molecule has 0 radical (unpaired) electrons. The molecule has 0 fully saturated rings. The third-order valence-electron chi connectivity index (χ3n) is 4.45. The van der Waals surface area contributed by atoms with Crippen molar-refractivity contribution in [3.63, 3.8) is 0 Å². The molecule has 2 N–H and O–H groups in total. The van der Waals surface area contributed by atoms with E-state index in [-0.39, 0.29) is 17.1 Å². The van der Waals surface area contributed by atoms with E-state index in [1.165, 1.54) is 17.0 Å². The largest absolute Gasteiger partial charge is 0.380 e. The van der Waals surface area contributed by atoms with Gasteiger partial charge in [0.05, 0.1) is 16.8 Å². The molecule has 0 bridgehead atoms. The van der Waals surface area contributed by atoms with Crippen LogP contribution in [0.5, 0.6) is 0 Å². The van der Waals surface area contributed by atoms with E-state index >= 15 is 0 Å². The van der Waals surface area contributed by atoms with E-state index in [1.54, 1.807) is 23.5 Å². The molecule has 144 valence electrons. The summed E-state index contributed by atoms with van der Waals surface area (Å²) < 4.78 is 14.1. The number of aromatic nitrogens is 2. The Bertz CT molecular complexity index is 1080. The topological polar surface area (TPSA) is 70.4 Å². The minimum absolute atomic E-state index is 0.0247. The number of fused-ring (bicyclic) bond motifs is 1. The van der Waals surface area contributed by atoms with E-state index in [9.17, 15) is 9.50 Å². The zero-order valence-electron chi connectivity index (χ0n) is 15.9. The molecule has 7 heteroatoms. The second-order valence-corrected chi connectivity index (χ2v) is 8.77.